The lowest BCUT2D eigenvalue weighted by Crippen LogP contribution is -2.16. The highest BCUT2D eigenvalue weighted by Crippen LogP contribution is 2.19. The van der Waals surface area contributed by atoms with Crippen molar-refractivity contribution in [1.82, 2.24) is 15.1 Å². The molecule has 0 amide bonds. The number of aromatic nitrogens is 2. The van der Waals surface area contributed by atoms with E-state index in [9.17, 15) is 14.5 Å². The quantitative estimate of drug-likeness (QED) is 0.659. The van der Waals surface area contributed by atoms with Gasteiger partial charge in [-0.2, -0.15) is 5.10 Å². The Balaban J connectivity index is 2.05. The molecule has 0 saturated carbocycles. The van der Waals surface area contributed by atoms with Crippen LogP contribution >= 0.6 is 0 Å². The third kappa shape index (κ3) is 3.14. The molecular weight excluding hydrogens is 251 g/mol. The highest BCUT2D eigenvalue weighted by molar-refractivity contribution is 5.40. The zero-order valence-electron chi connectivity index (χ0n) is 10.3. The zero-order chi connectivity index (χ0) is 13.8. The largest absolute Gasteiger partial charge is 0.307 e. The van der Waals surface area contributed by atoms with Crippen molar-refractivity contribution in [2.45, 2.75) is 13.1 Å². The van der Waals surface area contributed by atoms with Crippen molar-refractivity contribution in [3.05, 3.63) is 57.7 Å². The van der Waals surface area contributed by atoms with Gasteiger partial charge >= 0.3 is 0 Å². The Bertz CT molecular complexity index is 597. The number of nitro groups is 1. The van der Waals surface area contributed by atoms with Crippen LogP contribution in [0.5, 0.6) is 0 Å². The zero-order valence-corrected chi connectivity index (χ0v) is 10.3. The molecule has 0 radical (unpaired) electrons. The standard InChI is InChI=1S/C12H13FN4O2/c1-16-11(4-5-15-16)8-14-7-9-6-10(13)2-3-12(9)17(18)19/h2-6,14H,7-8H2,1H3. The van der Waals surface area contributed by atoms with Gasteiger partial charge in [-0.3, -0.25) is 14.8 Å². The van der Waals surface area contributed by atoms with Gasteiger partial charge in [-0.15, -0.1) is 0 Å². The summed E-state index contributed by atoms with van der Waals surface area (Å²) >= 11 is 0. The summed E-state index contributed by atoms with van der Waals surface area (Å²) in [7, 11) is 1.81. The molecule has 100 valence electrons. The molecule has 19 heavy (non-hydrogen) atoms. The van der Waals surface area contributed by atoms with E-state index in [4.69, 9.17) is 0 Å². The molecule has 1 aromatic carbocycles. The van der Waals surface area contributed by atoms with Crippen LogP contribution in [0.3, 0.4) is 0 Å². The van der Waals surface area contributed by atoms with Crippen LogP contribution in [-0.2, 0) is 20.1 Å². The lowest BCUT2D eigenvalue weighted by atomic mass is 10.1. The van der Waals surface area contributed by atoms with E-state index in [2.05, 4.69) is 10.4 Å². The molecular formula is C12H13FN4O2. The summed E-state index contributed by atoms with van der Waals surface area (Å²) in [6.07, 6.45) is 1.67. The van der Waals surface area contributed by atoms with Crippen molar-refractivity contribution in [3.63, 3.8) is 0 Å². The summed E-state index contributed by atoms with van der Waals surface area (Å²) in [5, 5.41) is 17.9. The molecule has 0 spiro atoms. The van der Waals surface area contributed by atoms with Crippen LogP contribution in [0.25, 0.3) is 0 Å². The molecule has 2 aromatic rings. The van der Waals surface area contributed by atoms with Gasteiger partial charge in [0.15, 0.2) is 0 Å². The van der Waals surface area contributed by atoms with Gasteiger partial charge < -0.3 is 5.32 Å². The maximum atomic E-state index is 13.1. The Kier molecular flexibility index (Phi) is 3.86. The molecule has 1 aromatic heterocycles. The normalized spacial score (nSPS) is 10.6. The Morgan fingerprint density at radius 3 is 2.84 bits per heavy atom. The summed E-state index contributed by atoms with van der Waals surface area (Å²) in [6.45, 7) is 0.726. The summed E-state index contributed by atoms with van der Waals surface area (Å²) in [4.78, 5) is 10.3. The summed E-state index contributed by atoms with van der Waals surface area (Å²) in [5.74, 6) is -0.483. The number of nitro benzene ring substituents is 1. The van der Waals surface area contributed by atoms with Crippen LogP contribution in [-0.4, -0.2) is 14.7 Å². The van der Waals surface area contributed by atoms with E-state index in [0.717, 1.165) is 11.8 Å². The van der Waals surface area contributed by atoms with Crippen LogP contribution in [0.1, 0.15) is 11.3 Å². The van der Waals surface area contributed by atoms with Gasteiger partial charge in [-0.25, -0.2) is 4.39 Å². The SMILES string of the molecule is Cn1nccc1CNCc1cc(F)ccc1[N+](=O)[O-]. The third-order valence-corrected chi connectivity index (χ3v) is 2.78. The Hall–Kier alpha value is -2.28. The van der Waals surface area contributed by atoms with E-state index in [0.29, 0.717) is 12.1 Å². The van der Waals surface area contributed by atoms with Gasteiger partial charge in [0.1, 0.15) is 5.82 Å². The summed E-state index contributed by atoms with van der Waals surface area (Å²) in [5.41, 5.74) is 1.19. The fourth-order valence-electron chi connectivity index (χ4n) is 1.77. The maximum absolute atomic E-state index is 13.1. The number of rotatable bonds is 5. The minimum atomic E-state index is -0.513. The van der Waals surface area contributed by atoms with Gasteiger partial charge in [0.05, 0.1) is 10.6 Å². The van der Waals surface area contributed by atoms with E-state index < -0.39 is 10.7 Å². The first-order valence-electron chi connectivity index (χ1n) is 5.68. The molecule has 1 N–H and O–H groups in total. The van der Waals surface area contributed by atoms with E-state index in [-0.39, 0.29) is 12.2 Å². The lowest BCUT2D eigenvalue weighted by Gasteiger charge is -2.06. The van der Waals surface area contributed by atoms with Crippen molar-refractivity contribution >= 4 is 5.69 Å². The molecule has 0 saturated heterocycles. The van der Waals surface area contributed by atoms with Gasteiger partial charge in [0.25, 0.3) is 5.69 Å². The van der Waals surface area contributed by atoms with Crippen molar-refractivity contribution in [1.29, 1.82) is 0 Å². The second-order valence-electron chi connectivity index (χ2n) is 4.08. The van der Waals surface area contributed by atoms with Gasteiger partial charge in [0.2, 0.25) is 0 Å². The van der Waals surface area contributed by atoms with Gasteiger partial charge in [-0.05, 0) is 18.2 Å². The second kappa shape index (κ2) is 5.57. The number of aryl methyl sites for hydroxylation is 1. The fraction of sp³-hybridized carbons (Fsp3) is 0.250. The molecule has 0 bridgehead atoms. The molecule has 6 nitrogen and oxygen atoms in total. The highest BCUT2D eigenvalue weighted by atomic mass is 19.1. The number of nitrogens with one attached hydrogen (secondary N) is 1. The van der Waals surface area contributed by atoms with E-state index in [1.54, 1.807) is 10.9 Å². The summed E-state index contributed by atoms with van der Waals surface area (Å²) < 4.78 is 14.8. The molecule has 0 atom stereocenters. The maximum Gasteiger partial charge on any atom is 0.274 e. The first kappa shape index (κ1) is 13.2. The second-order valence-corrected chi connectivity index (χ2v) is 4.08. The monoisotopic (exact) mass is 264 g/mol. The van der Waals surface area contributed by atoms with Gasteiger partial charge in [0, 0.05) is 38.0 Å². The Morgan fingerprint density at radius 2 is 2.21 bits per heavy atom. The molecule has 0 aliphatic heterocycles. The minimum absolute atomic E-state index is 0.0843. The lowest BCUT2D eigenvalue weighted by molar-refractivity contribution is -0.385. The van der Waals surface area contributed by atoms with E-state index in [1.807, 2.05) is 13.1 Å². The Labute approximate surface area is 109 Å². The van der Waals surface area contributed by atoms with Crippen LogP contribution in [0, 0.1) is 15.9 Å². The number of hydrogen-bond donors (Lipinski definition) is 1. The average molecular weight is 264 g/mol. The predicted molar refractivity (Wildman–Crippen MR) is 66.8 cm³/mol. The number of hydrogen-bond acceptors (Lipinski definition) is 4. The smallest absolute Gasteiger partial charge is 0.274 e. The molecule has 0 aliphatic carbocycles. The van der Waals surface area contributed by atoms with Crippen LogP contribution in [0.4, 0.5) is 10.1 Å². The molecule has 0 aliphatic rings. The number of halogens is 1. The van der Waals surface area contributed by atoms with Crippen molar-refractivity contribution in [3.8, 4) is 0 Å². The fourth-order valence-corrected chi connectivity index (χ4v) is 1.77. The predicted octanol–water partition coefficient (Wildman–Crippen LogP) is 1.76. The van der Waals surface area contributed by atoms with Crippen molar-refractivity contribution in [2.24, 2.45) is 7.05 Å². The minimum Gasteiger partial charge on any atom is -0.307 e. The molecule has 1 heterocycles. The Morgan fingerprint density at radius 1 is 1.42 bits per heavy atom. The van der Waals surface area contributed by atoms with Gasteiger partial charge in [-0.1, -0.05) is 0 Å². The number of benzene rings is 1. The molecule has 2 rings (SSSR count). The average Bonchev–Trinajstić information content (AvgIpc) is 2.75. The van der Waals surface area contributed by atoms with Crippen LogP contribution in [0.2, 0.25) is 0 Å². The molecule has 0 unspecified atom stereocenters. The first-order chi connectivity index (χ1) is 9.08. The van der Waals surface area contributed by atoms with E-state index >= 15 is 0 Å². The van der Waals surface area contributed by atoms with Crippen molar-refractivity contribution < 1.29 is 9.31 Å². The van der Waals surface area contributed by atoms with Crippen molar-refractivity contribution in [2.75, 3.05) is 0 Å². The topological polar surface area (TPSA) is 73.0 Å². The highest BCUT2D eigenvalue weighted by Gasteiger charge is 2.13. The van der Waals surface area contributed by atoms with E-state index in [1.165, 1.54) is 12.1 Å². The van der Waals surface area contributed by atoms with Crippen LogP contribution in [0.15, 0.2) is 30.5 Å². The first-order valence-corrected chi connectivity index (χ1v) is 5.68. The van der Waals surface area contributed by atoms with Crippen LogP contribution < -0.4 is 5.32 Å². The molecule has 0 fully saturated rings. The molecule has 7 heteroatoms. The summed E-state index contributed by atoms with van der Waals surface area (Å²) in [6, 6.07) is 5.28. The third-order valence-electron chi connectivity index (χ3n) is 2.78. The number of nitrogens with zero attached hydrogens (tertiary/aromatic N) is 3.